The Labute approximate surface area is 130 Å². The number of phenolic OH excluding ortho intramolecular Hbond substituents is 3. The van der Waals surface area contributed by atoms with E-state index < -0.39 is 5.75 Å². The third kappa shape index (κ3) is 2.32. The van der Waals surface area contributed by atoms with Gasteiger partial charge in [-0.2, -0.15) is 0 Å². The average Bonchev–Trinajstić information content (AvgIpc) is 3.31. The minimum absolute atomic E-state index is 0.0752. The van der Waals surface area contributed by atoms with Crippen LogP contribution in [0.15, 0.2) is 33.5 Å². The Bertz CT molecular complexity index is 984. The largest absolute Gasteiger partial charge is 0.508 e. The molecule has 0 saturated heterocycles. The lowest BCUT2D eigenvalue weighted by Crippen LogP contribution is -2.07. The number of ether oxygens (including phenoxy) is 1. The van der Waals surface area contributed by atoms with E-state index in [0.29, 0.717) is 12.5 Å². The van der Waals surface area contributed by atoms with Gasteiger partial charge in [0.1, 0.15) is 28.1 Å². The van der Waals surface area contributed by atoms with Crippen LogP contribution in [-0.2, 0) is 0 Å². The number of fused-ring (bicyclic) bond motifs is 2. The van der Waals surface area contributed by atoms with Crippen LogP contribution in [0.25, 0.3) is 21.9 Å². The summed E-state index contributed by atoms with van der Waals surface area (Å²) in [6.07, 6.45) is 2.20. The maximum atomic E-state index is 12.7. The molecule has 0 spiro atoms. The van der Waals surface area contributed by atoms with Crippen molar-refractivity contribution in [2.45, 2.75) is 12.8 Å². The molecule has 0 atom stereocenters. The highest BCUT2D eigenvalue weighted by atomic mass is 16.5. The van der Waals surface area contributed by atoms with E-state index >= 15 is 0 Å². The third-order valence-corrected chi connectivity index (χ3v) is 3.99. The first-order valence-corrected chi connectivity index (χ1v) is 7.31. The molecule has 0 bridgehead atoms. The van der Waals surface area contributed by atoms with E-state index in [4.69, 9.17) is 9.15 Å². The number of rotatable bonds is 3. The van der Waals surface area contributed by atoms with Crippen molar-refractivity contribution in [2.75, 3.05) is 6.61 Å². The molecular weight excluding hydrogens is 300 g/mol. The van der Waals surface area contributed by atoms with E-state index in [1.807, 2.05) is 0 Å². The lowest BCUT2D eigenvalue weighted by Gasteiger charge is -2.10. The Kier molecular flexibility index (Phi) is 2.87. The molecule has 3 N–H and O–H groups in total. The molecule has 0 amide bonds. The predicted octanol–water partition coefficient (Wildman–Crippen LogP) is 2.85. The number of hydrogen-bond donors (Lipinski definition) is 3. The molecule has 0 unspecified atom stereocenters. The van der Waals surface area contributed by atoms with Crippen LogP contribution in [0.4, 0.5) is 0 Å². The summed E-state index contributed by atoms with van der Waals surface area (Å²) in [5.74, 6) is -0.112. The second-order valence-electron chi connectivity index (χ2n) is 5.84. The number of hydrogen-bond acceptors (Lipinski definition) is 6. The fourth-order valence-electron chi connectivity index (χ4n) is 2.56. The molecule has 118 valence electrons. The van der Waals surface area contributed by atoms with E-state index in [2.05, 4.69) is 0 Å². The van der Waals surface area contributed by atoms with Crippen LogP contribution in [0.3, 0.4) is 0 Å². The highest BCUT2D eigenvalue weighted by Crippen LogP contribution is 2.36. The van der Waals surface area contributed by atoms with Crippen molar-refractivity contribution in [3.05, 3.63) is 34.5 Å². The van der Waals surface area contributed by atoms with E-state index in [1.54, 1.807) is 0 Å². The van der Waals surface area contributed by atoms with Crippen molar-refractivity contribution in [1.29, 1.82) is 0 Å². The predicted molar refractivity (Wildman–Crippen MR) is 83.2 cm³/mol. The Morgan fingerprint density at radius 3 is 2.52 bits per heavy atom. The molecule has 0 aliphatic heterocycles. The van der Waals surface area contributed by atoms with E-state index in [-0.39, 0.29) is 44.6 Å². The monoisotopic (exact) mass is 314 g/mol. The van der Waals surface area contributed by atoms with Crippen LogP contribution in [0, 0.1) is 5.92 Å². The Morgan fingerprint density at radius 1 is 1.04 bits per heavy atom. The minimum Gasteiger partial charge on any atom is -0.508 e. The van der Waals surface area contributed by atoms with Crippen molar-refractivity contribution in [3.8, 4) is 23.0 Å². The van der Waals surface area contributed by atoms with E-state index in [1.165, 1.54) is 18.2 Å². The molecule has 1 aliphatic carbocycles. The zero-order valence-corrected chi connectivity index (χ0v) is 12.1. The molecular formula is C17H14O6. The highest BCUT2D eigenvalue weighted by molar-refractivity contribution is 5.95. The molecule has 1 fully saturated rings. The lowest BCUT2D eigenvalue weighted by molar-refractivity contribution is 0.301. The van der Waals surface area contributed by atoms with Gasteiger partial charge in [-0.3, -0.25) is 4.79 Å². The molecule has 6 nitrogen and oxygen atoms in total. The SMILES string of the molecule is O=c1c2cc(O)c(O)cc2oc2cc(O)cc(OCC3CC3)c12. The molecule has 3 aromatic rings. The first-order valence-electron chi connectivity index (χ1n) is 7.31. The normalized spacial score (nSPS) is 14.4. The van der Waals surface area contributed by atoms with Crippen LogP contribution in [-0.4, -0.2) is 21.9 Å². The van der Waals surface area contributed by atoms with Crippen LogP contribution in [0.2, 0.25) is 0 Å². The summed E-state index contributed by atoms with van der Waals surface area (Å²) < 4.78 is 11.3. The van der Waals surface area contributed by atoms with Gasteiger partial charge >= 0.3 is 0 Å². The molecule has 6 heteroatoms. The van der Waals surface area contributed by atoms with Crippen molar-refractivity contribution >= 4 is 21.9 Å². The van der Waals surface area contributed by atoms with Gasteiger partial charge in [0.15, 0.2) is 11.5 Å². The molecule has 1 saturated carbocycles. The van der Waals surface area contributed by atoms with Gasteiger partial charge in [0, 0.05) is 18.2 Å². The second-order valence-corrected chi connectivity index (χ2v) is 5.84. The van der Waals surface area contributed by atoms with Gasteiger partial charge in [0.25, 0.3) is 0 Å². The second kappa shape index (κ2) is 4.81. The molecule has 2 aromatic carbocycles. The quantitative estimate of drug-likeness (QED) is 0.508. The first-order chi connectivity index (χ1) is 11.0. The Morgan fingerprint density at radius 2 is 1.78 bits per heavy atom. The Hall–Kier alpha value is -2.89. The summed E-state index contributed by atoms with van der Waals surface area (Å²) >= 11 is 0. The standard InChI is InChI=1S/C17H14O6/c18-9-3-14(22-7-8-1-2-8)16-15(4-9)23-13-6-12(20)11(19)5-10(13)17(16)21/h3-6,8,18-20H,1-2,7H2. The number of phenols is 3. The van der Waals surface area contributed by atoms with Crippen molar-refractivity contribution in [2.24, 2.45) is 5.92 Å². The zero-order valence-electron chi connectivity index (χ0n) is 12.1. The van der Waals surface area contributed by atoms with Crippen molar-refractivity contribution in [1.82, 2.24) is 0 Å². The van der Waals surface area contributed by atoms with Gasteiger partial charge in [0.05, 0.1) is 12.0 Å². The van der Waals surface area contributed by atoms with Crippen LogP contribution in [0.1, 0.15) is 12.8 Å². The Balaban J connectivity index is 2.00. The zero-order chi connectivity index (χ0) is 16.1. The van der Waals surface area contributed by atoms with Gasteiger partial charge in [0.2, 0.25) is 5.43 Å². The lowest BCUT2D eigenvalue weighted by atomic mass is 10.1. The van der Waals surface area contributed by atoms with Gasteiger partial charge in [-0.25, -0.2) is 0 Å². The molecule has 4 rings (SSSR count). The molecule has 1 aliphatic rings. The van der Waals surface area contributed by atoms with Gasteiger partial charge < -0.3 is 24.5 Å². The average molecular weight is 314 g/mol. The summed E-state index contributed by atoms with van der Waals surface area (Å²) in [4.78, 5) is 12.7. The molecule has 23 heavy (non-hydrogen) atoms. The maximum Gasteiger partial charge on any atom is 0.204 e. The topological polar surface area (TPSA) is 100 Å². The third-order valence-electron chi connectivity index (χ3n) is 3.99. The van der Waals surface area contributed by atoms with Crippen LogP contribution in [0.5, 0.6) is 23.0 Å². The van der Waals surface area contributed by atoms with Gasteiger partial charge in [-0.1, -0.05) is 0 Å². The fraction of sp³-hybridized carbons (Fsp3) is 0.235. The fourth-order valence-corrected chi connectivity index (χ4v) is 2.56. The van der Waals surface area contributed by atoms with E-state index in [0.717, 1.165) is 18.9 Å². The smallest absolute Gasteiger partial charge is 0.204 e. The molecule has 1 aromatic heterocycles. The van der Waals surface area contributed by atoms with Crippen LogP contribution < -0.4 is 10.2 Å². The molecule has 1 heterocycles. The van der Waals surface area contributed by atoms with Gasteiger partial charge in [-0.15, -0.1) is 0 Å². The van der Waals surface area contributed by atoms with Crippen LogP contribution >= 0.6 is 0 Å². The first kappa shape index (κ1) is 13.8. The van der Waals surface area contributed by atoms with Gasteiger partial charge in [-0.05, 0) is 24.8 Å². The summed E-state index contributed by atoms with van der Waals surface area (Å²) in [7, 11) is 0. The van der Waals surface area contributed by atoms with Crippen molar-refractivity contribution < 1.29 is 24.5 Å². The summed E-state index contributed by atoms with van der Waals surface area (Å²) in [6, 6.07) is 5.03. The molecule has 0 radical (unpaired) electrons. The minimum atomic E-state index is -0.400. The van der Waals surface area contributed by atoms with E-state index in [9.17, 15) is 20.1 Å². The summed E-state index contributed by atoms with van der Waals surface area (Å²) in [5, 5.41) is 29.3. The summed E-state index contributed by atoms with van der Waals surface area (Å²) in [6.45, 7) is 0.483. The maximum absolute atomic E-state index is 12.7. The van der Waals surface area contributed by atoms with Crippen molar-refractivity contribution in [3.63, 3.8) is 0 Å². The number of aromatic hydroxyl groups is 3. The summed E-state index contributed by atoms with van der Waals surface area (Å²) in [5.41, 5.74) is -0.0997. The number of benzene rings is 2. The highest BCUT2D eigenvalue weighted by Gasteiger charge is 2.23.